The summed E-state index contributed by atoms with van der Waals surface area (Å²) in [5.41, 5.74) is 0.983. The lowest BCUT2D eigenvalue weighted by molar-refractivity contribution is 0.462. The molecule has 0 aromatic heterocycles. The van der Waals surface area contributed by atoms with E-state index in [2.05, 4.69) is 21.2 Å². The van der Waals surface area contributed by atoms with Crippen LogP contribution in [0.5, 0.6) is 0 Å². The standard InChI is InChI=1S/C12H15BrFNO2S/c13-11-7-9(1-2-12(11)14)8-15-10-3-5-18(16,17)6-4-10/h1-2,7,10,15H,3-6,8H2. The fraction of sp³-hybridized carbons (Fsp3) is 0.500. The number of halogens is 2. The minimum atomic E-state index is -2.81. The van der Waals surface area contributed by atoms with Gasteiger partial charge in [-0.15, -0.1) is 0 Å². The summed E-state index contributed by atoms with van der Waals surface area (Å²) >= 11 is 3.14. The average molecular weight is 336 g/mol. The molecule has 100 valence electrons. The smallest absolute Gasteiger partial charge is 0.150 e. The number of rotatable bonds is 3. The first-order valence-electron chi connectivity index (χ1n) is 5.84. The molecule has 0 amide bonds. The Hall–Kier alpha value is -0.460. The van der Waals surface area contributed by atoms with E-state index in [-0.39, 0.29) is 23.4 Å². The Morgan fingerprint density at radius 2 is 2.00 bits per heavy atom. The summed E-state index contributed by atoms with van der Waals surface area (Å²) in [6, 6.07) is 5.12. The molecule has 0 unspecified atom stereocenters. The first-order valence-corrected chi connectivity index (χ1v) is 8.45. The van der Waals surface area contributed by atoms with Crippen molar-refractivity contribution in [2.45, 2.75) is 25.4 Å². The van der Waals surface area contributed by atoms with Crippen LogP contribution in [-0.2, 0) is 16.4 Å². The molecule has 0 aliphatic carbocycles. The van der Waals surface area contributed by atoms with Crippen molar-refractivity contribution in [3.63, 3.8) is 0 Å². The number of hydrogen-bond donors (Lipinski definition) is 1. The molecule has 0 spiro atoms. The van der Waals surface area contributed by atoms with Gasteiger partial charge in [0.25, 0.3) is 0 Å². The average Bonchev–Trinajstić information content (AvgIpc) is 2.32. The van der Waals surface area contributed by atoms with Crippen LogP contribution in [0.3, 0.4) is 0 Å². The van der Waals surface area contributed by atoms with Crippen LogP contribution in [0.2, 0.25) is 0 Å². The van der Waals surface area contributed by atoms with Gasteiger partial charge in [0.05, 0.1) is 16.0 Å². The van der Waals surface area contributed by atoms with E-state index in [4.69, 9.17) is 0 Å². The number of hydrogen-bond acceptors (Lipinski definition) is 3. The summed E-state index contributed by atoms with van der Waals surface area (Å²) in [5.74, 6) is 0.248. The van der Waals surface area contributed by atoms with Gasteiger partial charge < -0.3 is 5.32 Å². The third-order valence-corrected chi connectivity index (χ3v) is 5.46. The number of nitrogens with one attached hydrogen (secondary N) is 1. The molecule has 0 atom stereocenters. The molecule has 1 N–H and O–H groups in total. The molecular weight excluding hydrogens is 321 g/mol. The Bertz CT molecular complexity index is 519. The van der Waals surface area contributed by atoms with Gasteiger partial charge in [0.15, 0.2) is 0 Å². The topological polar surface area (TPSA) is 46.2 Å². The first kappa shape index (κ1) is 14.0. The second kappa shape index (κ2) is 5.67. The Kier molecular flexibility index (Phi) is 4.40. The minimum absolute atomic E-state index is 0.234. The van der Waals surface area contributed by atoms with Gasteiger partial charge in [-0.2, -0.15) is 0 Å². The van der Waals surface area contributed by atoms with Crippen molar-refractivity contribution in [2.24, 2.45) is 0 Å². The van der Waals surface area contributed by atoms with E-state index < -0.39 is 9.84 Å². The van der Waals surface area contributed by atoms with Gasteiger partial charge in [0, 0.05) is 12.6 Å². The molecule has 0 radical (unpaired) electrons. The highest BCUT2D eigenvalue weighted by Crippen LogP contribution is 2.18. The molecule has 1 heterocycles. The van der Waals surface area contributed by atoms with E-state index in [0.29, 0.717) is 23.9 Å². The normalized spacial score (nSPS) is 19.9. The zero-order valence-electron chi connectivity index (χ0n) is 9.83. The van der Waals surface area contributed by atoms with E-state index >= 15 is 0 Å². The third-order valence-electron chi connectivity index (χ3n) is 3.13. The van der Waals surface area contributed by atoms with E-state index in [1.54, 1.807) is 12.1 Å². The zero-order chi connectivity index (χ0) is 13.2. The molecule has 1 aliphatic rings. The van der Waals surface area contributed by atoms with Gasteiger partial charge in [-0.1, -0.05) is 6.07 Å². The SMILES string of the molecule is O=S1(=O)CCC(NCc2ccc(F)c(Br)c2)CC1. The van der Waals surface area contributed by atoms with Crippen molar-refractivity contribution in [2.75, 3.05) is 11.5 Å². The highest BCUT2D eigenvalue weighted by molar-refractivity contribution is 9.10. The maximum Gasteiger partial charge on any atom is 0.150 e. The van der Waals surface area contributed by atoms with Crippen LogP contribution < -0.4 is 5.32 Å². The molecule has 6 heteroatoms. The Morgan fingerprint density at radius 1 is 1.33 bits per heavy atom. The summed E-state index contributed by atoms with van der Waals surface area (Å²) < 4.78 is 36.1. The van der Waals surface area contributed by atoms with Crippen molar-refractivity contribution < 1.29 is 12.8 Å². The summed E-state index contributed by atoms with van der Waals surface area (Å²) in [6.45, 7) is 0.629. The Balaban J connectivity index is 1.87. The zero-order valence-corrected chi connectivity index (χ0v) is 12.2. The summed E-state index contributed by atoms with van der Waals surface area (Å²) in [7, 11) is -2.81. The van der Waals surface area contributed by atoms with E-state index in [0.717, 1.165) is 5.56 Å². The Labute approximate surface area is 115 Å². The van der Waals surface area contributed by atoms with Crippen molar-refractivity contribution in [1.82, 2.24) is 5.32 Å². The van der Waals surface area contributed by atoms with Crippen molar-refractivity contribution in [3.05, 3.63) is 34.1 Å². The predicted molar refractivity (Wildman–Crippen MR) is 72.6 cm³/mol. The minimum Gasteiger partial charge on any atom is -0.310 e. The molecule has 1 saturated heterocycles. The quantitative estimate of drug-likeness (QED) is 0.921. The fourth-order valence-corrected chi connectivity index (χ4v) is 3.92. The highest BCUT2D eigenvalue weighted by atomic mass is 79.9. The molecule has 1 aromatic rings. The van der Waals surface area contributed by atoms with Crippen LogP contribution in [0.15, 0.2) is 22.7 Å². The lowest BCUT2D eigenvalue weighted by atomic mass is 10.1. The van der Waals surface area contributed by atoms with E-state index in [1.165, 1.54) is 6.07 Å². The molecule has 18 heavy (non-hydrogen) atoms. The third kappa shape index (κ3) is 3.76. The van der Waals surface area contributed by atoms with Gasteiger partial charge >= 0.3 is 0 Å². The second-order valence-corrected chi connectivity index (χ2v) is 7.71. The van der Waals surface area contributed by atoms with Crippen LogP contribution in [-0.4, -0.2) is 26.0 Å². The number of benzene rings is 1. The van der Waals surface area contributed by atoms with Gasteiger partial charge in [-0.05, 0) is 46.5 Å². The number of sulfone groups is 1. The molecule has 3 nitrogen and oxygen atoms in total. The van der Waals surface area contributed by atoms with Gasteiger partial charge in [0.1, 0.15) is 15.7 Å². The van der Waals surface area contributed by atoms with E-state index in [9.17, 15) is 12.8 Å². The molecule has 0 saturated carbocycles. The fourth-order valence-electron chi connectivity index (χ4n) is 2.01. The molecular formula is C12H15BrFNO2S. The van der Waals surface area contributed by atoms with E-state index in [1.807, 2.05) is 0 Å². The van der Waals surface area contributed by atoms with Crippen molar-refractivity contribution >= 4 is 25.8 Å². The molecule has 1 fully saturated rings. The maximum absolute atomic E-state index is 13.0. The van der Waals surface area contributed by atoms with Crippen LogP contribution in [0.1, 0.15) is 18.4 Å². The van der Waals surface area contributed by atoms with Crippen molar-refractivity contribution in [3.8, 4) is 0 Å². The monoisotopic (exact) mass is 335 g/mol. The molecule has 2 rings (SSSR count). The largest absolute Gasteiger partial charge is 0.310 e. The highest BCUT2D eigenvalue weighted by Gasteiger charge is 2.22. The lowest BCUT2D eigenvalue weighted by Crippen LogP contribution is -2.37. The van der Waals surface area contributed by atoms with Gasteiger partial charge in [-0.25, -0.2) is 12.8 Å². The maximum atomic E-state index is 13.0. The Morgan fingerprint density at radius 3 is 2.61 bits per heavy atom. The molecule has 1 aromatic carbocycles. The van der Waals surface area contributed by atoms with Crippen LogP contribution in [0, 0.1) is 5.82 Å². The van der Waals surface area contributed by atoms with Gasteiger partial charge in [0.2, 0.25) is 0 Å². The summed E-state index contributed by atoms with van der Waals surface area (Å²) in [6.07, 6.45) is 1.31. The summed E-state index contributed by atoms with van der Waals surface area (Å²) in [5, 5.41) is 3.31. The second-order valence-electron chi connectivity index (χ2n) is 4.56. The molecule has 1 aliphatic heterocycles. The lowest BCUT2D eigenvalue weighted by Gasteiger charge is -2.23. The first-order chi connectivity index (χ1) is 8.46. The van der Waals surface area contributed by atoms with Crippen LogP contribution in [0.4, 0.5) is 4.39 Å². The summed E-state index contributed by atoms with van der Waals surface area (Å²) in [4.78, 5) is 0. The van der Waals surface area contributed by atoms with Crippen LogP contribution in [0.25, 0.3) is 0 Å². The van der Waals surface area contributed by atoms with Gasteiger partial charge in [-0.3, -0.25) is 0 Å². The van der Waals surface area contributed by atoms with Crippen LogP contribution >= 0.6 is 15.9 Å². The van der Waals surface area contributed by atoms with Crippen molar-refractivity contribution in [1.29, 1.82) is 0 Å². The predicted octanol–water partition coefficient (Wildman–Crippen LogP) is 2.26. The molecule has 0 bridgehead atoms.